The summed E-state index contributed by atoms with van der Waals surface area (Å²) in [5.41, 5.74) is 8.26. The van der Waals surface area contributed by atoms with Crippen molar-refractivity contribution in [2.45, 2.75) is 26.3 Å². The maximum absolute atomic E-state index is 4.94. The molecule has 0 radical (unpaired) electrons. The van der Waals surface area contributed by atoms with Crippen LogP contribution in [0.1, 0.15) is 25.3 Å². The monoisotopic (exact) mass is 491 g/mol. The van der Waals surface area contributed by atoms with Crippen molar-refractivity contribution in [1.29, 1.82) is 0 Å². The topological polar surface area (TPSA) is 102 Å². The lowest BCUT2D eigenvalue weighted by Gasteiger charge is -2.15. The van der Waals surface area contributed by atoms with Gasteiger partial charge in [0.15, 0.2) is 5.82 Å². The number of aromatic nitrogens is 6. The van der Waals surface area contributed by atoms with Crippen molar-refractivity contribution in [3.8, 4) is 22.8 Å². The molecule has 1 aliphatic rings. The molecular weight excluding hydrogens is 462 g/mol. The largest absolute Gasteiger partial charge is 0.347 e. The molecule has 4 aromatic heterocycles. The Kier molecular flexibility index (Phi) is 5.97. The number of aromatic amines is 2. The first-order chi connectivity index (χ1) is 18.1. The van der Waals surface area contributed by atoms with Crippen LogP contribution >= 0.6 is 0 Å². The van der Waals surface area contributed by atoms with Crippen LogP contribution in [0.25, 0.3) is 44.7 Å². The van der Waals surface area contributed by atoms with Crippen LogP contribution in [-0.4, -0.2) is 61.9 Å². The van der Waals surface area contributed by atoms with Gasteiger partial charge in [-0.05, 0) is 69.4 Å². The molecule has 186 valence electrons. The van der Waals surface area contributed by atoms with Gasteiger partial charge in [-0.2, -0.15) is 5.10 Å². The van der Waals surface area contributed by atoms with Crippen LogP contribution in [0.5, 0.6) is 0 Å². The minimum absolute atomic E-state index is 0.697. The summed E-state index contributed by atoms with van der Waals surface area (Å²) in [5, 5.41) is 8.65. The number of para-hydroxylation sites is 1. The van der Waals surface area contributed by atoms with Crippen LogP contribution in [0.2, 0.25) is 0 Å². The van der Waals surface area contributed by atoms with Gasteiger partial charge < -0.3 is 9.88 Å². The van der Waals surface area contributed by atoms with Crippen molar-refractivity contribution in [1.82, 2.24) is 35.0 Å². The predicted octanol–water partition coefficient (Wildman–Crippen LogP) is 5.16. The second kappa shape index (κ2) is 9.59. The lowest BCUT2D eigenvalue weighted by Crippen LogP contribution is -2.18. The number of pyridine rings is 2. The molecule has 6 rings (SSSR count). The number of likely N-dealkylation sites (tertiary alicyclic amines) is 1. The summed E-state index contributed by atoms with van der Waals surface area (Å²) in [6, 6.07) is 10.3. The lowest BCUT2D eigenvalue weighted by atomic mass is 10.1. The number of nitrogens with zero attached hydrogens (tertiary/aromatic N) is 7. The van der Waals surface area contributed by atoms with E-state index < -0.39 is 0 Å². The van der Waals surface area contributed by atoms with E-state index in [0.29, 0.717) is 5.82 Å². The number of hydrogen-bond acceptors (Lipinski definition) is 7. The quantitative estimate of drug-likeness (QED) is 0.305. The number of aliphatic imine (C=N–C) groups is 1. The van der Waals surface area contributed by atoms with Crippen LogP contribution in [0, 0.1) is 0 Å². The molecule has 9 heteroatoms. The molecule has 0 spiro atoms. The van der Waals surface area contributed by atoms with Gasteiger partial charge in [-0.3, -0.25) is 25.0 Å². The second-order valence-electron chi connectivity index (χ2n) is 9.55. The van der Waals surface area contributed by atoms with Crippen LogP contribution < -0.4 is 4.90 Å². The maximum Gasteiger partial charge on any atom is 0.159 e. The van der Waals surface area contributed by atoms with E-state index in [9.17, 15) is 0 Å². The zero-order chi connectivity index (χ0) is 25.4. The molecule has 1 saturated heterocycles. The van der Waals surface area contributed by atoms with Crippen LogP contribution in [0.15, 0.2) is 65.8 Å². The van der Waals surface area contributed by atoms with Crippen molar-refractivity contribution in [3.05, 3.63) is 66.4 Å². The first-order valence-corrected chi connectivity index (χ1v) is 12.5. The third kappa shape index (κ3) is 4.49. The average Bonchev–Trinajstić information content (AvgIpc) is 3.67. The van der Waals surface area contributed by atoms with Gasteiger partial charge in [0.2, 0.25) is 0 Å². The summed E-state index contributed by atoms with van der Waals surface area (Å²) in [6.45, 7) is 8.75. The van der Waals surface area contributed by atoms with E-state index in [-0.39, 0.29) is 0 Å². The lowest BCUT2D eigenvalue weighted by molar-refractivity contribution is 0.331. The summed E-state index contributed by atoms with van der Waals surface area (Å²) in [6.07, 6.45) is 10.1. The summed E-state index contributed by atoms with van der Waals surface area (Å²) < 4.78 is 0. The van der Waals surface area contributed by atoms with Crippen molar-refractivity contribution in [2.75, 3.05) is 25.0 Å². The highest BCUT2D eigenvalue weighted by atomic mass is 15.2. The Balaban J connectivity index is 1.37. The predicted molar refractivity (Wildman–Crippen MR) is 148 cm³/mol. The highest BCUT2D eigenvalue weighted by Crippen LogP contribution is 2.32. The van der Waals surface area contributed by atoms with E-state index >= 15 is 0 Å². The van der Waals surface area contributed by atoms with Crippen molar-refractivity contribution < 1.29 is 0 Å². The van der Waals surface area contributed by atoms with E-state index in [4.69, 9.17) is 9.97 Å². The number of rotatable bonds is 7. The highest BCUT2D eigenvalue weighted by Gasteiger charge is 2.17. The number of imidazole rings is 1. The Hall–Kier alpha value is -4.37. The molecule has 1 fully saturated rings. The van der Waals surface area contributed by atoms with Crippen molar-refractivity contribution in [2.24, 2.45) is 4.99 Å². The van der Waals surface area contributed by atoms with Gasteiger partial charge in [0.05, 0.1) is 34.3 Å². The molecule has 0 unspecified atom stereocenters. The van der Waals surface area contributed by atoms with Gasteiger partial charge in [-0.15, -0.1) is 0 Å². The molecule has 1 aliphatic heterocycles. The van der Waals surface area contributed by atoms with Gasteiger partial charge in [0, 0.05) is 43.1 Å². The third-order valence-electron chi connectivity index (χ3n) is 6.87. The average molecular weight is 492 g/mol. The Morgan fingerprint density at radius 1 is 1.16 bits per heavy atom. The molecule has 5 aromatic rings. The maximum atomic E-state index is 4.94. The number of fused-ring (bicyclic) bond motifs is 2. The summed E-state index contributed by atoms with van der Waals surface area (Å²) in [4.78, 5) is 26.1. The fourth-order valence-electron chi connectivity index (χ4n) is 4.97. The van der Waals surface area contributed by atoms with E-state index in [1.54, 1.807) is 0 Å². The first kappa shape index (κ1) is 23.1. The summed E-state index contributed by atoms with van der Waals surface area (Å²) >= 11 is 0. The smallest absolute Gasteiger partial charge is 0.159 e. The number of hydrogen-bond donors (Lipinski definition) is 2. The molecule has 9 nitrogen and oxygen atoms in total. The number of allylic oxidation sites excluding steroid dienone is 1. The van der Waals surface area contributed by atoms with Crippen molar-refractivity contribution in [3.63, 3.8) is 0 Å². The van der Waals surface area contributed by atoms with Gasteiger partial charge in [0.25, 0.3) is 0 Å². The van der Waals surface area contributed by atoms with Crippen LogP contribution in [0.4, 0.5) is 5.69 Å². The highest BCUT2D eigenvalue weighted by molar-refractivity contribution is 5.96. The van der Waals surface area contributed by atoms with Gasteiger partial charge in [-0.1, -0.05) is 6.07 Å². The molecule has 0 amide bonds. The van der Waals surface area contributed by atoms with E-state index in [2.05, 4.69) is 48.9 Å². The molecule has 0 atom stereocenters. The minimum Gasteiger partial charge on any atom is -0.347 e. The van der Waals surface area contributed by atoms with E-state index in [0.717, 1.165) is 69.9 Å². The molecule has 0 saturated carbocycles. The van der Waals surface area contributed by atoms with Gasteiger partial charge in [0.1, 0.15) is 11.2 Å². The molecule has 5 heterocycles. The Morgan fingerprint density at radius 2 is 2.03 bits per heavy atom. The zero-order valence-electron chi connectivity index (χ0n) is 21.1. The number of nitrogens with one attached hydrogen (secondary N) is 2. The Labute approximate surface area is 215 Å². The van der Waals surface area contributed by atoms with Gasteiger partial charge in [-0.25, -0.2) is 4.98 Å². The standard InChI is InChI=1S/C28H29N9/c1-18(29-2)16-36(3)25-8-6-7-22-27(25)33-28(32-22)26-21-12-23(31-15-24(21)34-35-26)20-11-19(13-30-14-20)17-37-9-4-5-10-37/h6-8,11-16H,2,4-5,9-10,17H2,1,3H3,(H,32,33)(H,34,35)/b18-16-. The fraction of sp³-hybridized carbons (Fsp3) is 0.250. The number of benzene rings is 1. The summed E-state index contributed by atoms with van der Waals surface area (Å²) in [5.74, 6) is 0.697. The van der Waals surface area contributed by atoms with Crippen LogP contribution in [0.3, 0.4) is 0 Å². The number of anilines is 1. The SMILES string of the molecule is C=N/C(C)=C\N(C)c1cccc2[nH]c(-c3n[nH]c4cnc(-c5cncc(CN6CCCC6)c5)cc34)nc12. The molecular formula is C28H29N9. The third-order valence-corrected chi connectivity index (χ3v) is 6.87. The van der Waals surface area contributed by atoms with E-state index in [1.165, 1.54) is 18.4 Å². The molecule has 2 N–H and O–H groups in total. The second-order valence-corrected chi connectivity index (χ2v) is 9.55. The molecule has 1 aromatic carbocycles. The minimum atomic E-state index is 0.697. The molecule has 37 heavy (non-hydrogen) atoms. The fourth-order valence-corrected chi connectivity index (χ4v) is 4.97. The van der Waals surface area contributed by atoms with Crippen molar-refractivity contribution >= 4 is 34.3 Å². The van der Waals surface area contributed by atoms with E-state index in [1.807, 2.05) is 61.9 Å². The Morgan fingerprint density at radius 3 is 2.86 bits per heavy atom. The normalized spacial score (nSPS) is 14.6. The molecule has 0 aliphatic carbocycles. The zero-order valence-corrected chi connectivity index (χ0v) is 21.1. The van der Waals surface area contributed by atoms with Crippen LogP contribution in [-0.2, 0) is 6.54 Å². The molecule has 0 bridgehead atoms. The first-order valence-electron chi connectivity index (χ1n) is 12.5. The van der Waals surface area contributed by atoms with Gasteiger partial charge >= 0.3 is 0 Å². The number of H-pyrrole nitrogens is 2. The Bertz CT molecular complexity index is 1620. The summed E-state index contributed by atoms with van der Waals surface area (Å²) in [7, 11) is 1.98.